The van der Waals surface area contributed by atoms with Gasteiger partial charge in [-0.3, -0.25) is 10.1 Å². The van der Waals surface area contributed by atoms with Gasteiger partial charge in [0, 0.05) is 19.2 Å². The van der Waals surface area contributed by atoms with Gasteiger partial charge < -0.3 is 15.2 Å². The highest BCUT2D eigenvalue weighted by atomic mass is 16.6. The minimum Gasteiger partial charge on any atom is -0.464 e. The van der Waals surface area contributed by atoms with Crippen molar-refractivity contribution in [3.8, 4) is 0 Å². The average molecular weight is 283 g/mol. The number of aliphatic hydroxyl groups excluding tert-OH is 1. The van der Waals surface area contributed by atoms with Gasteiger partial charge in [0.15, 0.2) is 5.69 Å². The van der Waals surface area contributed by atoms with Crippen LogP contribution >= 0.6 is 0 Å². The molecule has 1 aromatic heterocycles. The van der Waals surface area contributed by atoms with Gasteiger partial charge in [0.25, 0.3) is 0 Å². The number of aromatic nitrogens is 1. The largest absolute Gasteiger partial charge is 0.464 e. The van der Waals surface area contributed by atoms with E-state index in [2.05, 4.69) is 15.0 Å². The van der Waals surface area contributed by atoms with Crippen LogP contribution in [-0.4, -0.2) is 41.2 Å². The number of pyridine rings is 1. The third-order valence-corrected chi connectivity index (χ3v) is 2.59. The van der Waals surface area contributed by atoms with Gasteiger partial charge in [-0.2, -0.15) is 0 Å². The third kappa shape index (κ3) is 4.47. The summed E-state index contributed by atoms with van der Waals surface area (Å²) in [6.45, 7) is 0.592. The van der Waals surface area contributed by atoms with E-state index in [1.165, 1.54) is 19.2 Å². The van der Waals surface area contributed by atoms with E-state index in [0.717, 1.165) is 12.8 Å². The van der Waals surface area contributed by atoms with E-state index in [4.69, 9.17) is 5.11 Å². The van der Waals surface area contributed by atoms with Gasteiger partial charge in [0.05, 0.1) is 12.0 Å². The second-order valence-corrected chi connectivity index (χ2v) is 4.02. The van der Waals surface area contributed by atoms with Gasteiger partial charge in [0.2, 0.25) is 5.82 Å². The lowest BCUT2D eigenvalue weighted by Gasteiger charge is -2.07. The molecule has 0 atom stereocenters. The molecule has 110 valence electrons. The molecule has 2 N–H and O–H groups in total. The number of rotatable bonds is 8. The number of carbonyl (C=O) groups is 1. The van der Waals surface area contributed by atoms with Crippen molar-refractivity contribution in [3.63, 3.8) is 0 Å². The van der Waals surface area contributed by atoms with Crippen molar-refractivity contribution in [3.05, 3.63) is 27.9 Å². The second kappa shape index (κ2) is 8.05. The van der Waals surface area contributed by atoms with E-state index in [9.17, 15) is 14.9 Å². The minimum absolute atomic E-state index is 0.0101. The van der Waals surface area contributed by atoms with E-state index in [1.54, 1.807) is 0 Å². The zero-order chi connectivity index (χ0) is 15.0. The predicted octanol–water partition coefficient (Wildman–Crippen LogP) is 1.35. The molecule has 0 unspecified atom stereocenters. The summed E-state index contributed by atoms with van der Waals surface area (Å²) < 4.78 is 4.52. The number of hydrogen-bond acceptors (Lipinski definition) is 7. The maximum Gasteiger partial charge on any atom is 0.356 e. The normalized spacial score (nSPS) is 10.1. The minimum atomic E-state index is -0.650. The zero-order valence-electron chi connectivity index (χ0n) is 11.2. The first-order valence-corrected chi connectivity index (χ1v) is 6.18. The fourth-order valence-corrected chi connectivity index (χ4v) is 1.57. The Morgan fingerprint density at radius 1 is 1.45 bits per heavy atom. The summed E-state index contributed by atoms with van der Waals surface area (Å²) in [5.41, 5.74) is -0.184. The molecule has 0 saturated heterocycles. The van der Waals surface area contributed by atoms with Crippen molar-refractivity contribution >= 4 is 17.5 Å². The lowest BCUT2D eigenvalue weighted by Crippen LogP contribution is -2.11. The van der Waals surface area contributed by atoms with Crippen molar-refractivity contribution in [2.45, 2.75) is 19.3 Å². The van der Waals surface area contributed by atoms with Crippen LogP contribution in [0, 0.1) is 10.1 Å². The van der Waals surface area contributed by atoms with Crippen LogP contribution in [0.1, 0.15) is 29.8 Å². The van der Waals surface area contributed by atoms with Crippen LogP contribution < -0.4 is 5.32 Å². The summed E-state index contributed by atoms with van der Waals surface area (Å²) in [5, 5.41) is 22.4. The molecule has 8 heteroatoms. The molecule has 0 aliphatic rings. The molecule has 1 aromatic rings. The fraction of sp³-hybridized carbons (Fsp3) is 0.500. The molecule has 0 radical (unpaired) electrons. The molecule has 0 aromatic carbocycles. The number of nitrogens with zero attached hydrogens (tertiary/aromatic N) is 2. The summed E-state index contributed by atoms with van der Waals surface area (Å²) in [4.78, 5) is 25.6. The number of methoxy groups -OCH3 is 1. The molecule has 8 nitrogen and oxygen atoms in total. The van der Waals surface area contributed by atoms with Gasteiger partial charge in [-0.05, 0) is 25.3 Å². The monoisotopic (exact) mass is 283 g/mol. The topological polar surface area (TPSA) is 115 Å². The predicted molar refractivity (Wildman–Crippen MR) is 71.7 cm³/mol. The van der Waals surface area contributed by atoms with E-state index in [1.807, 2.05) is 0 Å². The van der Waals surface area contributed by atoms with Gasteiger partial charge in [0.1, 0.15) is 0 Å². The van der Waals surface area contributed by atoms with Crippen molar-refractivity contribution in [1.82, 2.24) is 4.98 Å². The van der Waals surface area contributed by atoms with E-state index < -0.39 is 10.9 Å². The summed E-state index contributed by atoms with van der Waals surface area (Å²) in [5.74, 6) is -0.606. The Bertz CT molecular complexity index is 478. The van der Waals surface area contributed by atoms with Crippen LogP contribution in [0.4, 0.5) is 11.5 Å². The molecule has 20 heavy (non-hydrogen) atoms. The number of nitro groups is 1. The smallest absolute Gasteiger partial charge is 0.356 e. The lowest BCUT2D eigenvalue weighted by atomic mass is 10.2. The SMILES string of the molecule is COC(=O)c1ccc([N+](=O)[O-])c(NCCCCCO)n1. The van der Waals surface area contributed by atoms with E-state index in [0.29, 0.717) is 13.0 Å². The average Bonchev–Trinajstić information content (AvgIpc) is 2.45. The molecule has 0 fully saturated rings. The standard InChI is InChI=1S/C12H17N3O5/c1-20-12(17)9-5-6-10(15(18)19)11(14-9)13-7-3-2-4-8-16/h5-6,16H,2-4,7-8H2,1H3,(H,13,14). The van der Waals surface area contributed by atoms with Gasteiger partial charge in [-0.1, -0.05) is 0 Å². The van der Waals surface area contributed by atoms with E-state index >= 15 is 0 Å². The number of nitrogens with one attached hydrogen (secondary N) is 1. The van der Waals surface area contributed by atoms with Crippen LogP contribution in [-0.2, 0) is 4.74 Å². The fourth-order valence-electron chi connectivity index (χ4n) is 1.57. The van der Waals surface area contributed by atoms with E-state index in [-0.39, 0.29) is 23.8 Å². The molecule has 0 bridgehead atoms. The second-order valence-electron chi connectivity index (χ2n) is 4.02. The molecule has 0 amide bonds. The molecule has 1 rings (SSSR count). The van der Waals surface area contributed by atoms with Crippen molar-refractivity contribution in [2.24, 2.45) is 0 Å². The molecular weight excluding hydrogens is 266 g/mol. The van der Waals surface area contributed by atoms with Crippen molar-refractivity contribution in [1.29, 1.82) is 0 Å². The molecular formula is C12H17N3O5. The number of aliphatic hydroxyl groups is 1. The summed E-state index contributed by atoms with van der Waals surface area (Å²) >= 11 is 0. The van der Waals surface area contributed by atoms with Gasteiger partial charge in [-0.15, -0.1) is 0 Å². The van der Waals surface area contributed by atoms with Crippen molar-refractivity contribution in [2.75, 3.05) is 25.6 Å². The first-order chi connectivity index (χ1) is 9.60. The van der Waals surface area contributed by atoms with Crippen LogP contribution in [0.5, 0.6) is 0 Å². The van der Waals surface area contributed by atoms with Crippen LogP contribution in [0.3, 0.4) is 0 Å². The Balaban J connectivity index is 2.78. The maximum atomic E-state index is 11.4. The molecule has 0 aliphatic heterocycles. The Morgan fingerprint density at radius 2 is 2.20 bits per heavy atom. The first kappa shape index (κ1) is 15.8. The van der Waals surface area contributed by atoms with Gasteiger partial charge >= 0.3 is 11.7 Å². The number of unbranched alkanes of at least 4 members (excludes halogenated alkanes) is 2. The van der Waals surface area contributed by atoms with Crippen molar-refractivity contribution < 1.29 is 19.6 Å². The lowest BCUT2D eigenvalue weighted by molar-refractivity contribution is -0.384. The highest BCUT2D eigenvalue weighted by Gasteiger charge is 2.18. The van der Waals surface area contributed by atoms with Crippen LogP contribution in [0.25, 0.3) is 0 Å². The Hall–Kier alpha value is -2.22. The Morgan fingerprint density at radius 3 is 2.80 bits per heavy atom. The highest BCUT2D eigenvalue weighted by Crippen LogP contribution is 2.22. The van der Waals surface area contributed by atoms with Crippen LogP contribution in [0.2, 0.25) is 0 Å². The quantitative estimate of drug-likeness (QED) is 0.320. The Kier molecular flexibility index (Phi) is 6.38. The number of carbonyl (C=O) groups excluding carboxylic acids is 1. The number of esters is 1. The molecule has 1 heterocycles. The Labute approximate surface area is 115 Å². The first-order valence-electron chi connectivity index (χ1n) is 6.18. The summed E-state index contributed by atoms with van der Waals surface area (Å²) in [6.07, 6.45) is 2.22. The highest BCUT2D eigenvalue weighted by molar-refractivity contribution is 5.88. The number of hydrogen-bond donors (Lipinski definition) is 2. The van der Waals surface area contributed by atoms with Gasteiger partial charge in [-0.25, -0.2) is 9.78 Å². The number of ether oxygens (including phenoxy) is 1. The third-order valence-electron chi connectivity index (χ3n) is 2.59. The summed E-state index contributed by atoms with van der Waals surface area (Å²) in [6, 6.07) is 2.47. The maximum absolute atomic E-state index is 11.4. The molecule has 0 aliphatic carbocycles. The molecule has 0 spiro atoms. The molecule has 0 saturated carbocycles. The summed E-state index contributed by atoms with van der Waals surface area (Å²) in [7, 11) is 1.22. The van der Waals surface area contributed by atoms with Crippen LogP contribution in [0.15, 0.2) is 12.1 Å². The number of anilines is 1. The zero-order valence-corrected chi connectivity index (χ0v) is 11.2.